The molecule has 3 unspecified atom stereocenters. The fraction of sp³-hybridized carbons (Fsp3) is 0.944. The predicted octanol–water partition coefficient (Wildman–Crippen LogP) is 20.5. The van der Waals surface area contributed by atoms with Gasteiger partial charge in [-0.2, -0.15) is 0 Å². The van der Waals surface area contributed by atoms with Crippen LogP contribution in [0.3, 0.4) is 0 Å². The standard InChI is InChI=1S/C71H138O17P2/c1-6-10-13-16-19-21-23-24-28-32-35-40-45-50-55-69(74)82-61-67(88-71(76)57-52-47-42-37-33-29-26-25-27-31-34-39-43-48-53-64(5)9-4)63-86-90(79,80)84-59-65(72)58-83-89(77,78)85-62-66(60-81-68(73)54-49-44-38-18-15-12-8-3)87-70(75)56-51-46-41-36-30-22-20-17-14-11-7-2/h64-67,72H,6-63H2,1-5H3,(H,77,78)(H,79,80)/t64?,65-,66+,67+/m0/s1. The zero-order valence-electron chi connectivity index (χ0n) is 58.3. The lowest BCUT2D eigenvalue weighted by molar-refractivity contribution is -0.161. The van der Waals surface area contributed by atoms with E-state index >= 15 is 0 Å². The van der Waals surface area contributed by atoms with Gasteiger partial charge >= 0.3 is 39.5 Å². The van der Waals surface area contributed by atoms with Gasteiger partial charge in [-0.1, -0.05) is 317 Å². The normalized spacial score (nSPS) is 14.4. The first kappa shape index (κ1) is 88.1. The summed E-state index contributed by atoms with van der Waals surface area (Å²) in [7, 11) is -9.89. The second-order valence-electron chi connectivity index (χ2n) is 25.9. The molecule has 6 atom stereocenters. The second-order valence-corrected chi connectivity index (χ2v) is 28.8. The zero-order chi connectivity index (χ0) is 66.3. The van der Waals surface area contributed by atoms with Crippen molar-refractivity contribution in [2.24, 2.45) is 5.92 Å². The molecule has 3 N–H and O–H groups in total. The van der Waals surface area contributed by atoms with Crippen LogP contribution in [-0.4, -0.2) is 96.7 Å². The topological polar surface area (TPSA) is 237 Å². The summed E-state index contributed by atoms with van der Waals surface area (Å²) in [5.41, 5.74) is 0. The van der Waals surface area contributed by atoms with E-state index in [0.717, 1.165) is 109 Å². The molecule has 0 rings (SSSR count). The number of aliphatic hydroxyl groups is 1. The molecule has 0 bridgehead atoms. The van der Waals surface area contributed by atoms with E-state index in [0.29, 0.717) is 25.7 Å². The summed E-state index contributed by atoms with van der Waals surface area (Å²) in [5.74, 6) is -1.28. The average Bonchev–Trinajstić information content (AvgIpc) is 2.40. The summed E-state index contributed by atoms with van der Waals surface area (Å²) in [6, 6.07) is 0. The molecule has 19 heteroatoms. The number of hydrogen-bond donors (Lipinski definition) is 3. The number of aliphatic hydroxyl groups excluding tert-OH is 1. The number of phosphoric acid groups is 2. The predicted molar refractivity (Wildman–Crippen MR) is 363 cm³/mol. The van der Waals surface area contributed by atoms with E-state index < -0.39 is 97.5 Å². The molecular weight excluding hydrogens is 1190 g/mol. The summed E-state index contributed by atoms with van der Waals surface area (Å²) in [6.45, 7) is 7.27. The minimum atomic E-state index is -4.95. The number of carbonyl (C=O) groups excluding carboxylic acids is 4. The molecule has 0 aliphatic carbocycles. The maximum Gasteiger partial charge on any atom is 0.472 e. The van der Waals surface area contributed by atoms with E-state index in [1.54, 1.807) is 0 Å². The molecule has 0 aliphatic rings. The highest BCUT2D eigenvalue weighted by molar-refractivity contribution is 7.47. The third kappa shape index (κ3) is 63.5. The Balaban J connectivity index is 5.19. The molecule has 0 aromatic rings. The quantitative estimate of drug-likeness (QED) is 0.0222. The van der Waals surface area contributed by atoms with Crippen LogP contribution in [0.2, 0.25) is 0 Å². The van der Waals surface area contributed by atoms with Crippen molar-refractivity contribution in [3.05, 3.63) is 0 Å². The Bertz CT molecular complexity index is 1740. The van der Waals surface area contributed by atoms with Gasteiger partial charge in [-0.25, -0.2) is 9.13 Å². The summed E-state index contributed by atoms with van der Waals surface area (Å²) in [6.07, 6.45) is 51.3. The van der Waals surface area contributed by atoms with Crippen LogP contribution in [0.5, 0.6) is 0 Å². The lowest BCUT2D eigenvalue weighted by Crippen LogP contribution is -2.30. The molecule has 0 radical (unpaired) electrons. The highest BCUT2D eigenvalue weighted by Crippen LogP contribution is 2.45. The van der Waals surface area contributed by atoms with Crippen LogP contribution in [0.15, 0.2) is 0 Å². The van der Waals surface area contributed by atoms with Crippen molar-refractivity contribution in [3.63, 3.8) is 0 Å². The molecule has 90 heavy (non-hydrogen) atoms. The van der Waals surface area contributed by atoms with E-state index in [9.17, 15) is 43.2 Å². The minimum Gasteiger partial charge on any atom is -0.462 e. The van der Waals surface area contributed by atoms with Crippen molar-refractivity contribution < 1.29 is 80.2 Å². The average molecular weight is 1330 g/mol. The van der Waals surface area contributed by atoms with Crippen LogP contribution < -0.4 is 0 Å². The Labute approximate surface area is 549 Å². The van der Waals surface area contributed by atoms with Gasteiger partial charge in [-0.3, -0.25) is 37.3 Å². The fourth-order valence-corrected chi connectivity index (χ4v) is 12.4. The van der Waals surface area contributed by atoms with Crippen molar-refractivity contribution in [1.29, 1.82) is 0 Å². The van der Waals surface area contributed by atoms with Gasteiger partial charge < -0.3 is 33.8 Å². The van der Waals surface area contributed by atoms with Gasteiger partial charge in [0.2, 0.25) is 0 Å². The molecule has 0 amide bonds. The van der Waals surface area contributed by atoms with E-state index in [2.05, 4.69) is 34.6 Å². The summed E-state index contributed by atoms with van der Waals surface area (Å²) in [4.78, 5) is 72.4. The number of ether oxygens (including phenoxy) is 4. The van der Waals surface area contributed by atoms with Gasteiger partial charge in [0.1, 0.15) is 19.3 Å². The number of hydrogen-bond acceptors (Lipinski definition) is 15. The molecular formula is C71H138O17P2. The summed E-state index contributed by atoms with van der Waals surface area (Å²) < 4.78 is 68.2. The smallest absolute Gasteiger partial charge is 0.462 e. The summed E-state index contributed by atoms with van der Waals surface area (Å²) >= 11 is 0. The Kier molecular flexibility index (Phi) is 63.0. The SMILES string of the molecule is CCCCCCCCCCCCCCCCC(=O)OC[C@H](COP(=O)(O)OC[C@@H](O)COP(=O)(O)OC[C@@H](COC(=O)CCCCCCCCC)OC(=O)CCCCCCCCCCCCC)OC(=O)CCCCCCCCCCCCCCCCC(C)CC. The van der Waals surface area contributed by atoms with E-state index in [1.807, 2.05) is 0 Å². The third-order valence-electron chi connectivity index (χ3n) is 16.9. The van der Waals surface area contributed by atoms with Gasteiger partial charge in [0.05, 0.1) is 26.4 Å². The van der Waals surface area contributed by atoms with Crippen LogP contribution in [0.25, 0.3) is 0 Å². The van der Waals surface area contributed by atoms with Crippen molar-refractivity contribution in [1.82, 2.24) is 0 Å². The van der Waals surface area contributed by atoms with E-state index in [4.69, 9.17) is 37.0 Å². The largest absolute Gasteiger partial charge is 0.472 e. The molecule has 0 aliphatic heterocycles. The van der Waals surface area contributed by atoms with Crippen molar-refractivity contribution in [2.45, 2.75) is 387 Å². The van der Waals surface area contributed by atoms with Crippen LogP contribution in [0.1, 0.15) is 369 Å². The third-order valence-corrected chi connectivity index (χ3v) is 18.8. The number of carbonyl (C=O) groups is 4. The Morgan fingerprint density at radius 1 is 0.311 bits per heavy atom. The van der Waals surface area contributed by atoms with Crippen molar-refractivity contribution >= 4 is 39.5 Å². The maximum absolute atomic E-state index is 13.0. The first-order valence-electron chi connectivity index (χ1n) is 37.2. The van der Waals surface area contributed by atoms with Crippen LogP contribution in [-0.2, 0) is 65.4 Å². The Morgan fingerprint density at radius 3 is 0.789 bits per heavy atom. The first-order valence-corrected chi connectivity index (χ1v) is 40.2. The van der Waals surface area contributed by atoms with Crippen LogP contribution >= 0.6 is 15.6 Å². The lowest BCUT2D eigenvalue weighted by atomic mass is 9.99. The number of phosphoric ester groups is 2. The van der Waals surface area contributed by atoms with Crippen molar-refractivity contribution in [3.8, 4) is 0 Å². The van der Waals surface area contributed by atoms with Gasteiger partial charge in [0.15, 0.2) is 12.2 Å². The number of esters is 4. The fourth-order valence-electron chi connectivity index (χ4n) is 10.8. The maximum atomic E-state index is 13.0. The highest BCUT2D eigenvalue weighted by Gasteiger charge is 2.30. The van der Waals surface area contributed by atoms with Gasteiger partial charge in [0, 0.05) is 25.7 Å². The summed E-state index contributed by atoms with van der Waals surface area (Å²) in [5, 5.41) is 10.6. The number of rotatable bonds is 71. The molecule has 0 saturated heterocycles. The first-order chi connectivity index (χ1) is 43.6. The second kappa shape index (κ2) is 64.4. The molecule has 0 aromatic heterocycles. The molecule has 534 valence electrons. The highest BCUT2D eigenvalue weighted by atomic mass is 31.2. The van der Waals surface area contributed by atoms with Crippen LogP contribution in [0.4, 0.5) is 0 Å². The zero-order valence-corrected chi connectivity index (χ0v) is 60.1. The Morgan fingerprint density at radius 2 is 0.533 bits per heavy atom. The molecule has 17 nitrogen and oxygen atoms in total. The molecule has 0 aromatic carbocycles. The van der Waals surface area contributed by atoms with Crippen LogP contribution in [0, 0.1) is 5.92 Å². The van der Waals surface area contributed by atoms with Gasteiger partial charge in [-0.15, -0.1) is 0 Å². The monoisotopic (exact) mass is 1320 g/mol. The van der Waals surface area contributed by atoms with E-state index in [-0.39, 0.29) is 25.7 Å². The van der Waals surface area contributed by atoms with Crippen molar-refractivity contribution in [2.75, 3.05) is 39.6 Å². The van der Waals surface area contributed by atoms with E-state index in [1.165, 1.54) is 180 Å². The molecule has 0 saturated carbocycles. The number of unbranched alkanes of at least 4 members (excludes halogenated alkanes) is 42. The molecule has 0 fully saturated rings. The molecule has 0 spiro atoms. The minimum absolute atomic E-state index is 0.107. The lowest BCUT2D eigenvalue weighted by Gasteiger charge is -2.21. The van der Waals surface area contributed by atoms with Gasteiger partial charge in [-0.05, 0) is 31.6 Å². The Hall–Kier alpha value is -1.94. The molecule has 0 heterocycles. The van der Waals surface area contributed by atoms with Gasteiger partial charge in [0.25, 0.3) is 0 Å².